The molecule has 7 heteroatoms. The number of hydrogen-bond acceptors (Lipinski definition) is 7. The minimum Gasteiger partial charge on any atom is -0.481 e. The second-order valence-corrected chi connectivity index (χ2v) is 4.17. The van der Waals surface area contributed by atoms with E-state index in [2.05, 4.69) is 15.3 Å². The molecule has 2 atom stereocenters. The number of anilines is 1. The zero-order valence-corrected chi connectivity index (χ0v) is 11.4. The molecule has 2 heterocycles. The van der Waals surface area contributed by atoms with Crippen LogP contribution in [-0.4, -0.2) is 56.7 Å². The first kappa shape index (κ1) is 13.8. The van der Waals surface area contributed by atoms with Gasteiger partial charge < -0.3 is 24.3 Å². The van der Waals surface area contributed by atoms with Crippen molar-refractivity contribution in [1.82, 2.24) is 9.97 Å². The van der Waals surface area contributed by atoms with Crippen LogP contribution in [0.4, 0.5) is 5.82 Å². The monoisotopic (exact) mass is 269 g/mol. The molecule has 0 bridgehead atoms. The second kappa shape index (κ2) is 6.53. The highest BCUT2D eigenvalue weighted by Crippen LogP contribution is 2.21. The van der Waals surface area contributed by atoms with E-state index in [9.17, 15) is 0 Å². The quantitative estimate of drug-likeness (QED) is 0.843. The molecule has 1 N–H and O–H groups in total. The van der Waals surface area contributed by atoms with Crippen molar-refractivity contribution in [3.8, 4) is 11.9 Å². The molecule has 0 aliphatic carbocycles. The van der Waals surface area contributed by atoms with Crippen molar-refractivity contribution >= 4 is 5.82 Å². The molecule has 2 rings (SSSR count). The lowest BCUT2D eigenvalue weighted by Crippen LogP contribution is -2.43. The summed E-state index contributed by atoms with van der Waals surface area (Å²) in [5.41, 5.74) is 0. The van der Waals surface area contributed by atoms with Gasteiger partial charge in [-0.1, -0.05) is 0 Å². The fraction of sp³-hybridized carbons (Fsp3) is 0.667. The fourth-order valence-corrected chi connectivity index (χ4v) is 1.97. The van der Waals surface area contributed by atoms with Crippen LogP contribution in [0.25, 0.3) is 0 Å². The van der Waals surface area contributed by atoms with Gasteiger partial charge in [0, 0.05) is 19.8 Å². The zero-order chi connectivity index (χ0) is 13.7. The van der Waals surface area contributed by atoms with Crippen molar-refractivity contribution < 1.29 is 18.9 Å². The third-order valence-electron chi connectivity index (χ3n) is 3.01. The normalized spacial score (nSPS) is 22.9. The van der Waals surface area contributed by atoms with Crippen LogP contribution in [-0.2, 0) is 9.47 Å². The van der Waals surface area contributed by atoms with Crippen LogP contribution in [0.5, 0.6) is 11.9 Å². The van der Waals surface area contributed by atoms with E-state index in [1.807, 2.05) is 0 Å². The van der Waals surface area contributed by atoms with Crippen LogP contribution < -0.4 is 14.8 Å². The predicted molar refractivity (Wildman–Crippen MR) is 68.8 cm³/mol. The number of rotatable bonds is 5. The highest BCUT2D eigenvalue weighted by Gasteiger charge is 2.26. The largest absolute Gasteiger partial charge is 0.481 e. The summed E-state index contributed by atoms with van der Waals surface area (Å²) in [7, 11) is 4.75. The molecular formula is C12H19N3O4. The predicted octanol–water partition coefficient (Wildman–Crippen LogP) is 0.710. The molecular weight excluding hydrogens is 250 g/mol. The topological polar surface area (TPSA) is 74.7 Å². The maximum atomic E-state index is 5.40. The Balaban J connectivity index is 2.12. The highest BCUT2D eigenvalue weighted by molar-refractivity contribution is 5.41. The first-order chi connectivity index (χ1) is 9.26. The number of nitrogens with zero attached hydrogens (tertiary/aromatic N) is 2. The summed E-state index contributed by atoms with van der Waals surface area (Å²) in [4.78, 5) is 8.29. The Morgan fingerprint density at radius 1 is 1.26 bits per heavy atom. The van der Waals surface area contributed by atoms with Gasteiger partial charge in [0.1, 0.15) is 11.9 Å². The number of aromatic nitrogens is 2. The molecule has 1 aromatic heterocycles. The lowest BCUT2D eigenvalue weighted by Gasteiger charge is -2.31. The maximum Gasteiger partial charge on any atom is 0.321 e. The van der Waals surface area contributed by atoms with E-state index in [4.69, 9.17) is 18.9 Å². The van der Waals surface area contributed by atoms with Gasteiger partial charge in [0.15, 0.2) is 0 Å². The molecule has 1 fully saturated rings. The van der Waals surface area contributed by atoms with E-state index < -0.39 is 0 Å². The summed E-state index contributed by atoms with van der Waals surface area (Å²) < 4.78 is 20.9. The van der Waals surface area contributed by atoms with E-state index in [-0.39, 0.29) is 18.2 Å². The number of nitrogens with one attached hydrogen (secondary N) is 1. The smallest absolute Gasteiger partial charge is 0.321 e. The molecule has 1 aliphatic heterocycles. The van der Waals surface area contributed by atoms with Gasteiger partial charge in [-0.3, -0.25) is 0 Å². The summed E-state index contributed by atoms with van der Waals surface area (Å²) in [5, 5.41) is 3.32. The average Bonchev–Trinajstić information content (AvgIpc) is 2.47. The molecule has 106 valence electrons. The molecule has 0 saturated carbocycles. The summed E-state index contributed by atoms with van der Waals surface area (Å²) in [5.74, 6) is 1.10. The molecule has 1 aliphatic rings. The number of ether oxygens (including phenoxy) is 4. The molecule has 1 saturated heterocycles. The Labute approximate surface area is 112 Å². The van der Waals surface area contributed by atoms with E-state index in [1.54, 1.807) is 20.3 Å². The van der Waals surface area contributed by atoms with Gasteiger partial charge in [-0.2, -0.15) is 9.97 Å². The third kappa shape index (κ3) is 3.45. The van der Waals surface area contributed by atoms with Crippen molar-refractivity contribution in [2.24, 2.45) is 0 Å². The molecule has 0 aromatic carbocycles. The Kier molecular flexibility index (Phi) is 4.75. The maximum absolute atomic E-state index is 5.40. The van der Waals surface area contributed by atoms with Crippen molar-refractivity contribution in [2.75, 3.05) is 39.9 Å². The van der Waals surface area contributed by atoms with E-state index in [1.165, 1.54) is 7.11 Å². The average molecular weight is 269 g/mol. The van der Waals surface area contributed by atoms with Crippen LogP contribution in [0.2, 0.25) is 0 Å². The Hall–Kier alpha value is -1.60. The van der Waals surface area contributed by atoms with Gasteiger partial charge in [0.25, 0.3) is 0 Å². The molecule has 0 unspecified atom stereocenters. The van der Waals surface area contributed by atoms with Gasteiger partial charge in [-0.15, -0.1) is 0 Å². The SMILES string of the molecule is COc1cc(N[C@@H]2CCOC[C@H]2OC)nc(OC)n1. The summed E-state index contributed by atoms with van der Waals surface area (Å²) in [6.07, 6.45) is 0.855. The van der Waals surface area contributed by atoms with Crippen molar-refractivity contribution in [3.63, 3.8) is 0 Å². The second-order valence-electron chi connectivity index (χ2n) is 4.17. The van der Waals surface area contributed by atoms with Crippen molar-refractivity contribution in [3.05, 3.63) is 6.07 Å². The number of methoxy groups -OCH3 is 3. The fourth-order valence-electron chi connectivity index (χ4n) is 1.97. The first-order valence-electron chi connectivity index (χ1n) is 6.11. The van der Waals surface area contributed by atoms with Crippen molar-refractivity contribution in [2.45, 2.75) is 18.6 Å². The molecule has 1 aromatic rings. The van der Waals surface area contributed by atoms with E-state index >= 15 is 0 Å². The van der Waals surface area contributed by atoms with Gasteiger partial charge in [0.05, 0.1) is 26.9 Å². The Morgan fingerprint density at radius 3 is 2.79 bits per heavy atom. The van der Waals surface area contributed by atoms with Crippen molar-refractivity contribution in [1.29, 1.82) is 0 Å². The van der Waals surface area contributed by atoms with Gasteiger partial charge in [-0.05, 0) is 6.42 Å². The standard InChI is InChI=1S/C12H19N3O4/c1-16-9-7-19-5-4-8(9)13-10-6-11(17-2)15-12(14-10)18-3/h6,8-9H,4-5,7H2,1-3H3,(H,13,14,15)/t8-,9-/m1/s1. The minimum absolute atomic E-state index is 0.000653. The molecule has 0 spiro atoms. The van der Waals surface area contributed by atoms with Crippen LogP contribution in [0, 0.1) is 0 Å². The highest BCUT2D eigenvalue weighted by atomic mass is 16.5. The van der Waals surface area contributed by atoms with Gasteiger partial charge in [0.2, 0.25) is 5.88 Å². The summed E-state index contributed by atoms with van der Waals surface area (Å²) in [6, 6.07) is 2.14. The lowest BCUT2D eigenvalue weighted by atomic mass is 10.1. The first-order valence-corrected chi connectivity index (χ1v) is 6.11. The van der Waals surface area contributed by atoms with Crippen LogP contribution in [0.15, 0.2) is 6.07 Å². The third-order valence-corrected chi connectivity index (χ3v) is 3.01. The summed E-state index contributed by atoms with van der Waals surface area (Å²) in [6.45, 7) is 1.28. The molecule has 0 radical (unpaired) electrons. The summed E-state index contributed by atoms with van der Waals surface area (Å²) >= 11 is 0. The molecule has 19 heavy (non-hydrogen) atoms. The van der Waals surface area contributed by atoms with Crippen LogP contribution >= 0.6 is 0 Å². The lowest BCUT2D eigenvalue weighted by molar-refractivity contribution is -0.0367. The van der Waals surface area contributed by atoms with Gasteiger partial charge >= 0.3 is 6.01 Å². The molecule has 0 amide bonds. The van der Waals surface area contributed by atoms with Crippen LogP contribution in [0.3, 0.4) is 0 Å². The Morgan fingerprint density at radius 2 is 2.11 bits per heavy atom. The van der Waals surface area contributed by atoms with Crippen LogP contribution in [0.1, 0.15) is 6.42 Å². The minimum atomic E-state index is 0.000653. The van der Waals surface area contributed by atoms with E-state index in [0.29, 0.717) is 24.9 Å². The molecule has 7 nitrogen and oxygen atoms in total. The Bertz CT molecular complexity index is 394. The zero-order valence-electron chi connectivity index (χ0n) is 11.4. The number of hydrogen-bond donors (Lipinski definition) is 1. The van der Waals surface area contributed by atoms with E-state index in [0.717, 1.165) is 6.42 Å². The van der Waals surface area contributed by atoms with Gasteiger partial charge in [-0.25, -0.2) is 0 Å².